The molecule has 0 unspecified atom stereocenters. The van der Waals surface area contributed by atoms with Gasteiger partial charge in [0.25, 0.3) is 0 Å². The van der Waals surface area contributed by atoms with Gasteiger partial charge in [-0.2, -0.15) is 0 Å². The summed E-state index contributed by atoms with van der Waals surface area (Å²) in [5.41, 5.74) is 0.176. The number of pyridine rings is 1. The predicted octanol–water partition coefficient (Wildman–Crippen LogP) is 4.08. The van der Waals surface area contributed by atoms with Gasteiger partial charge >= 0.3 is 5.97 Å². The van der Waals surface area contributed by atoms with Crippen molar-refractivity contribution in [2.75, 3.05) is 0 Å². The number of benzene rings is 1. The highest BCUT2D eigenvalue weighted by Crippen LogP contribution is 2.31. The van der Waals surface area contributed by atoms with Crippen LogP contribution in [0.4, 0.5) is 0 Å². The Labute approximate surface area is 168 Å². The SMILES string of the molecule is CCn1c(C)c(-n2cnc(Cl)n2)c(=O)c(C(=O)O)c1-c1ccc(Cl)c(Cl)c1. The molecule has 0 aliphatic heterocycles. The Hall–Kier alpha value is -2.35. The fraction of sp³-hybridized carbons (Fsp3) is 0.176. The van der Waals surface area contributed by atoms with Crippen molar-refractivity contribution in [3.63, 3.8) is 0 Å². The molecule has 27 heavy (non-hydrogen) atoms. The third-order valence-corrected chi connectivity index (χ3v) is 5.02. The lowest BCUT2D eigenvalue weighted by Crippen LogP contribution is -2.28. The van der Waals surface area contributed by atoms with E-state index >= 15 is 0 Å². The molecular weight excluding hydrogens is 415 g/mol. The Morgan fingerprint density at radius 2 is 1.93 bits per heavy atom. The molecule has 0 saturated heterocycles. The Kier molecular flexibility index (Phi) is 5.28. The number of carbonyl (C=O) groups is 1. The number of nitrogens with zero attached hydrogens (tertiary/aromatic N) is 4. The number of halogens is 3. The van der Waals surface area contributed by atoms with Gasteiger partial charge in [-0.05, 0) is 37.6 Å². The summed E-state index contributed by atoms with van der Waals surface area (Å²) in [5, 5.41) is 14.2. The van der Waals surface area contributed by atoms with Crippen LogP contribution in [0.1, 0.15) is 23.0 Å². The minimum Gasteiger partial charge on any atom is -0.477 e. The number of hydrogen-bond acceptors (Lipinski definition) is 4. The maximum Gasteiger partial charge on any atom is 0.341 e. The summed E-state index contributed by atoms with van der Waals surface area (Å²) in [6, 6.07) is 4.70. The standard InChI is InChI=1S/C17H13Cl3N4O3/c1-3-23-8(2)13(24-7-21-17(20)22-24)15(25)12(16(26)27)14(23)9-4-5-10(18)11(19)6-9/h4-7H,3H2,1-2H3,(H,26,27). The third kappa shape index (κ3) is 3.34. The molecule has 0 spiro atoms. The van der Waals surface area contributed by atoms with E-state index in [9.17, 15) is 14.7 Å². The van der Waals surface area contributed by atoms with E-state index in [1.54, 1.807) is 23.6 Å². The third-order valence-electron chi connectivity index (χ3n) is 4.11. The second kappa shape index (κ2) is 7.34. The Bertz CT molecular complexity index is 1120. The molecule has 10 heteroatoms. The van der Waals surface area contributed by atoms with Crippen LogP contribution in [0.15, 0.2) is 29.3 Å². The molecule has 0 amide bonds. The van der Waals surface area contributed by atoms with Crippen molar-refractivity contribution < 1.29 is 9.90 Å². The van der Waals surface area contributed by atoms with Crippen LogP contribution >= 0.6 is 34.8 Å². The van der Waals surface area contributed by atoms with Crippen molar-refractivity contribution in [3.05, 3.63) is 61.3 Å². The first-order valence-corrected chi connectivity index (χ1v) is 8.93. The zero-order valence-corrected chi connectivity index (χ0v) is 16.5. The molecule has 0 aliphatic rings. The van der Waals surface area contributed by atoms with Crippen LogP contribution in [0.2, 0.25) is 15.3 Å². The fourth-order valence-corrected chi connectivity index (χ4v) is 3.40. The highest BCUT2D eigenvalue weighted by Gasteiger charge is 2.26. The Balaban J connectivity index is 2.45. The van der Waals surface area contributed by atoms with Gasteiger partial charge in [0.1, 0.15) is 17.6 Å². The van der Waals surface area contributed by atoms with Crippen molar-refractivity contribution >= 4 is 40.8 Å². The highest BCUT2D eigenvalue weighted by atomic mass is 35.5. The highest BCUT2D eigenvalue weighted by molar-refractivity contribution is 6.42. The molecule has 0 bridgehead atoms. The molecule has 140 valence electrons. The molecule has 2 aromatic heterocycles. The lowest BCUT2D eigenvalue weighted by Gasteiger charge is -2.20. The first kappa shape index (κ1) is 19.4. The van der Waals surface area contributed by atoms with Crippen LogP contribution in [-0.4, -0.2) is 30.4 Å². The molecule has 0 atom stereocenters. The van der Waals surface area contributed by atoms with Gasteiger partial charge < -0.3 is 9.67 Å². The average Bonchev–Trinajstić information content (AvgIpc) is 3.02. The molecule has 3 aromatic rings. The normalized spacial score (nSPS) is 11.0. The van der Waals surface area contributed by atoms with Gasteiger partial charge in [-0.15, -0.1) is 5.10 Å². The summed E-state index contributed by atoms with van der Waals surface area (Å²) in [5.74, 6) is -1.37. The Morgan fingerprint density at radius 1 is 1.22 bits per heavy atom. The van der Waals surface area contributed by atoms with E-state index in [2.05, 4.69) is 10.1 Å². The molecule has 0 aliphatic carbocycles. The summed E-state index contributed by atoms with van der Waals surface area (Å²) >= 11 is 17.8. The van der Waals surface area contributed by atoms with Crippen molar-refractivity contribution in [3.8, 4) is 16.9 Å². The first-order chi connectivity index (χ1) is 12.8. The minimum atomic E-state index is -1.37. The second-order valence-corrected chi connectivity index (χ2v) is 6.78. The molecule has 1 N–H and O–H groups in total. The van der Waals surface area contributed by atoms with Gasteiger partial charge in [-0.25, -0.2) is 14.5 Å². The fourth-order valence-electron chi connectivity index (χ4n) is 2.98. The van der Waals surface area contributed by atoms with E-state index in [4.69, 9.17) is 34.8 Å². The molecule has 1 aromatic carbocycles. The van der Waals surface area contributed by atoms with E-state index < -0.39 is 17.0 Å². The number of aromatic nitrogens is 4. The monoisotopic (exact) mass is 426 g/mol. The van der Waals surface area contributed by atoms with Gasteiger partial charge in [-0.3, -0.25) is 4.79 Å². The van der Waals surface area contributed by atoms with Crippen molar-refractivity contribution in [2.45, 2.75) is 20.4 Å². The van der Waals surface area contributed by atoms with Crippen LogP contribution in [0.25, 0.3) is 16.9 Å². The number of carboxylic acids is 1. The van der Waals surface area contributed by atoms with Crippen LogP contribution in [-0.2, 0) is 6.54 Å². The lowest BCUT2D eigenvalue weighted by molar-refractivity contribution is 0.0695. The second-order valence-electron chi connectivity index (χ2n) is 5.62. The minimum absolute atomic E-state index is 0.0534. The quantitative estimate of drug-likeness (QED) is 0.677. The molecule has 2 heterocycles. The smallest absolute Gasteiger partial charge is 0.341 e. The molecule has 0 radical (unpaired) electrons. The number of hydrogen-bond donors (Lipinski definition) is 1. The van der Waals surface area contributed by atoms with Crippen molar-refractivity contribution in [1.29, 1.82) is 0 Å². The molecule has 3 rings (SSSR count). The van der Waals surface area contributed by atoms with Gasteiger partial charge in [0.2, 0.25) is 10.7 Å². The lowest BCUT2D eigenvalue weighted by atomic mass is 10.0. The molecular formula is C17H13Cl3N4O3. The maximum atomic E-state index is 13.1. The van der Waals surface area contributed by atoms with Crippen LogP contribution < -0.4 is 5.43 Å². The van der Waals surface area contributed by atoms with E-state index in [0.717, 1.165) is 0 Å². The zero-order chi connectivity index (χ0) is 19.9. The van der Waals surface area contributed by atoms with E-state index in [0.29, 0.717) is 22.8 Å². The number of aromatic carboxylic acids is 1. The predicted molar refractivity (Wildman–Crippen MR) is 103 cm³/mol. The largest absolute Gasteiger partial charge is 0.477 e. The average molecular weight is 428 g/mol. The van der Waals surface area contributed by atoms with Gasteiger partial charge in [0.15, 0.2) is 0 Å². The van der Waals surface area contributed by atoms with Gasteiger partial charge in [0, 0.05) is 17.8 Å². The Morgan fingerprint density at radius 3 is 2.44 bits per heavy atom. The van der Waals surface area contributed by atoms with Gasteiger partial charge in [0.05, 0.1) is 15.7 Å². The van der Waals surface area contributed by atoms with Crippen LogP contribution in [0.5, 0.6) is 0 Å². The summed E-state index contributed by atoms with van der Waals surface area (Å²) < 4.78 is 2.88. The van der Waals surface area contributed by atoms with Crippen molar-refractivity contribution in [1.82, 2.24) is 19.3 Å². The summed E-state index contributed by atoms with van der Waals surface area (Å²) in [6.07, 6.45) is 1.26. The summed E-state index contributed by atoms with van der Waals surface area (Å²) in [6.45, 7) is 3.93. The topological polar surface area (TPSA) is 90.0 Å². The van der Waals surface area contributed by atoms with Crippen molar-refractivity contribution in [2.24, 2.45) is 0 Å². The molecule has 7 nitrogen and oxygen atoms in total. The maximum absolute atomic E-state index is 13.1. The number of carboxylic acid groups (broad SMARTS) is 1. The number of rotatable bonds is 4. The molecule has 0 saturated carbocycles. The van der Waals surface area contributed by atoms with E-state index in [1.807, 2.05) is 6.92 Å². The van der Waals surface area contributed by atoms with Crippen LogP contribution in [0, 0.1) is 6.92 Å². The summed E-state index contributed by atoms with van der Waals surface area (Å²) in [4.78, 5) is 28.9. The van der Waals surface area contributed by atoms with Gasteiger partial charge in [-0.1, -0.05) is 29.3 Å². The molecule has 0 fully saturated rings. The summed E-state index contributed by atoms with van der Waals surface area (Å²) in [7, 11) is 0. The zero-order valence-electron chi connectivity index (χ0n) is 14.2. The van der Waals surface area contributed by atoms with Crippen LogP contribution in [0.3, 0.4) is 0 Å². The van der Waals surface area contributed by atoms with E-state index in [1.165, 1.54) is 17.1 Å². The van der Waals surface area contributed by atoms with E-state index in [-0.39, 0.29) is 21.7 Å². The first-order valence-electron chi connectivity index (χ1n) is 7.79.